The van der Waals surface area contributed by atoms with Crippen LogP contribution in [-0.4, -0.2) is 0 Å². The van der Waals surface area contributed by atoms with Gasteiger partial charge in [-0.1, -0.05) is 278 Å². The minimum Gasteiger partial charge on any atom is -0.464 e. The minimum atomic E-state index is -0.552. The second-order valence-corrected chi connectivity index (χ2v) is 20.1. The largest absolute Gasteiger partial charge is 0.464 e. The summed E-state index contributed by atoms with van der Waals surface area (Å²) >= 11 is 1.93. The zero-order chi connectivity index (χ0) is 77.8. The van der Waals surface area contributed by atoms with Crippen molar-refractivity contribution in [3.63, 3.8) is 0 Å². The van der Waals surface area contributed by atoms with Crippen molar-refractivity contribution >= 4 is 87.6 Å². The maximum Gasteiger partial charge on any atom is 0.172 e. The van der Waals surface area contributed by atoms with E-state index >= 15 is 0 Å². The summed E-state index contributed by atoms with van der Waals surface area (Å²) in [5.41, 5.74) is 5.81. The predicted octanol–water partition coefficient (Wildman–Crippen LogP) is 23.4. The quantitative estimate of drug-likeness (QED) is 0.112. The van der Waals surface area contributed by atoms with Gasteiger partial charge in [-0.3, -0.25) is 0 Å². The molecule has 16 aromatic rings. The molecule has 0 aliphatic heterocycles. The molecule has 0 N–H and O–H groups in total. The first-order valence-corrected chi connectivity index (χ1v) is 27.1. The molecular weight excluding hydrogens is 1120 g/mol. The third-order valence-corrected chi connectivity index (χ3v) is 15.4. The molecule has 0 radical (unpaired) electrons. The van der Waals surface area contributed by atoms with E-state index in [0.717, 1.165) is 11.1 Å². The van der Waals surface area contributed by atoms with Crippen LogP contribution in [0.4, 0.5) is 0 Å². The van der Waals surface area contributed by atoms with Crippen LogP contribution >= 0.6 is 22.6 Å². The van der Waals surface area contributed by atoms with Crippen molar-refractivity contribution in [3.8, 4) is 89.0 Å². The second kappa shape index (κ2) is 21.4. The zero-order valence-electron chi connectivity index (χ0n) is 69.1. The first-order valence-electron chi connectivity index (χ1n) is 39.0. The highest BCUT2D eigenvalue weighted by atomic mass is 127. The van der Waals surface area contributed by atoms with E-state index in [2.05, 4.69) is 0 Å². The number of rotatable bonds is 8. The fraction of sp³-hybridized carbons (Fsp3) is 0. The van der Waals surface area contributed by atoms with Gasteiger partial charge < -0.3 is 8.83 Å². The van der Waals surface area contributed by atoms with Gasteiger partial charge >= 0.3 is 0 Å². The molecule has 0 spiro atoms. The van der Waals surface area contributed by atoms with E-state index in [0.29, 0.717) is 33.0 Å². The van der Waals surface area contributed by atoms with Gasteiger partial charge in [0.1, 0.15) is 11.2 Å². The van der Waals surface area contributed by atoms with Crippen LogP contribution in [0.5, 0.6) is 0 Å². The number of hydrogen-bond acceptors (Lipinski definition) is 2. The van der Waals surface area contributed by atoms with E-state index in [1.807, 2.05) is 108 Å². The topological polar surface area (TPSA) is 26.3 Å². The molecule has 0 atom stereocenters. The predicted molar refractivity (Wildman–Crippen MR) is 359 cm³/mol. The fourth-order valence-electron chi connectivity index (χ4n) is 11.1. The summed E-state index contributed by atoms with van der Waals surface area (Å²) in [5, 5.41) is 0.765. The van der Waals surface area contributed by atoms with Crippen LogP contribution in [0.15, 0.2) is 318 Å². The van der Waals surface area contributed by atoms with Gasteiger partial charge in [0.25, 0.3) is 0 Å². The number of fused-ring (bicyclic) bond motifs is 6. The average molecular weight is 1200 g/mol. The molecule has 16 rings (SSSR count). The van der Waals surface area contributed by atoms with Crippen molar-refractivity contribution in [2.75, 3.05) is 0 Å². The Morgan fingerprint density at radius 1 is 0.253 bits per heavy atom. The molecular formula is C80H51IO2. The summed E-state index contributed by atoms with van der Waals surface area (Å²) in [6, 6.07) is 29.8. The van der Waals surface area contributed by atoms with Crippen molar-refractivity contribution in [1.82, 2.24) is 0 Å². The highest BCUT2D eigenvalue weighted by Crippen LogP contribution is 2.51. The third-order valence-electron chi connectivity index (χ3n) is 14.6. The van der Waals surface area contributed by atoms with Gasteiger partial charge in [0, 0.05) is 55.6 Å². The normalized spacial score (nSPS) is 15.8. The number of benzene rings is 14. The molecule has 0 unspecified atom stereocenters. The SMILES string of the molecule is [2H]c1c([2H])c([2H])c(-c2ccc3oc(I)c(-c4c5c([2H])c([2H])c([2H])c([2H])c5c(-c5ccccc5-c5ccccc5)c5c([2H])c([2H])c([2H])c([2H])c45)c3c2)c([2H])c1[2H].[2H]c1c([2H])c([2H])c(-c2ccc3occ(-c4c5c([2H])c([2H])c([2H])c([2H])c5c(-c5ccccc5-c5ccccc5)c5c([2H])c([2H])c([2H])c([2H])c45)c3c2)c([2H])c1[2H]. The summed E-state index contributed by atoms with van der Waals surface area (Å²) in [4.78, 5) is 0. The van der Waals surface area contributed by atoms with Crippen LogP contribution in [0.1, 0.15) is 35.6 Å². The monoisotopic (exact) mass is 1200 g/mol. The lowest BCUT2D eigenvalue weighted by Crippen LogP contribution is -1.93. The molecule has 2 heterocycles. The standard InChI is InChI=1S/C40H25IO.C40H26O/c41-40-39(35-25-28(23-24-36(35)42-40)26-13-3-1-4-14-26)38-33-21-11-9-19-31(33)37(32-20-10-12-22-34(32)38)30-18-8-7-17-29(30)27-15-5-2-6-16-27;1-3-13-27(14-4-1)29-23-24-38-36(25-29)37(26-41-38)40-34-21-11-9-19-32(34)39(33-20-10-12-22-35(33)40)31-18-8-7-17-30(31)28-15-5-2-6-16-28/h1-25H;1-26H/i2*1D,3D,4D,9D,10D,11D,12D,13D,14D,19D,20D,21D,22D. The van der Waals surface area contributed by atoms with Crippen LogP contribution in [-0.2, 0) is 0 Å². The molecule has 2 nitrogen and oxygen atoms in total. The van der Waals surface area contributed by atoms with Gasteiger partial charge in [0.05, 0.1) is 41.9 Å². The Hall–Kier alpha value is -10.1. The molecule has 83 heavy (non-hydrogen) atoms. The van der Waals surface area contributed by atoms with Crippen molar-refractivity contribution in [2.45, 2.75) is 0 Å². The van der Waals surface area contributed by atoms with Crippen LogP contribution in [0.2, 0.25) is 0 Å². The number of hydrogen-bond donors (Lipinski definition) is 0. The van der Waals surface area contributed by atoms with Crippen LogP contribution in [0, 0.1) is 3.77 Å². The smallest absolute Gasteiger partial charge is 0.172 e. The molecule has 0 saturated carbocycles. The summed E-state index contributed by atoms with van der Waals surface area (Å²) in [6.07, 6.45) is 1.34. The molecule has 2 aromatic heterocycles. The van der Waals surface area contributed by atoms with Crippen LogP contribution < -0.4 is 0 Å². The van der Waals surface area contributed by atoms with Crippen LogP contribution in [0.3, 0.4) is 0 Å². The highest BCUT2D eigenvalue weighted by molar-refractivity contribution is 14.1. The van der Waals surface area contributed by atoms with Gasteiger partial charge in [-0.2, -0.15) is 0 Å². The van der Waals surface area contributed by atoms with Crippen LogP contribution in [0.25, 0.3) is 154 Å². The van der Waals surface area contributed by atoms with Crippen molar-refractivity contribution in [2.24, 2.45) is 0 Å². The van der Waals surface area contributed by atoms with E-state index in [-0.39, 0.29) is 114 Å². The first kappa shape index (κ1) is 29.6. The van der Waals surface area contributed by atoms with E-state index in [9.17, 15) is 11.0 Å². The minimum absolute atomic E-state index is 0.00442. The zero-order valence-corrected chi connectivity index (χ0v) is 45.3. The Kier molecular flexibility index (Phi) is 7.64. The Morgan fingerprint density at radius 3 is 1.04 bits per heavy atom. The van der Waals surface area contributed by atoms with Crippen molar-refractivity contribution in [1.29, 1.82) is 0 Å². The van der Waals surface area contributed by atoms with E-state index in [4.69, 9.17) is 33.5 Å². The fourth-order valence-corrected chi connectivity index (χ4v) is 11.9. The molecule has 0 aliphatic rings. The molecule has 390 valence electrons. The molecule has 0 amide bonds. The first-order chi connectivity index (χ1) is 51.9. The molecule has 0 saturated heterocycles. The van der Waals surface area contributed by atoms with Gasteiger partial charge in [0.15, 0.2) is 3.77 Å². The lowest BCUT2D eigenvalue weighted by molar-refractivity contribution is 0.585. The molecule has 0 bridgehead atoms. The second-order valence-electron chi connectivity index (χ2n) is 19.1. The summed E-state index contributed by atoms with van der Waals surface area (Å²) in [6.45, 7) is 0. The van der Waals surface area contributed by atoms with Crippen molar-refractivity contribution in [3.05, 3.63) is 313 Å². The van der Waals surface area contributed by atoms with Gasteiger partial charge in [-0.15, -0.1) is 0 Å². The van der Waals surface area contributed by atoms with Gasteiger partial charge in [0.2, 0.25) is 0 Å². The Balaban J connectivity index is 0.000000174. The van der Waals surface area contributed by atoms with E-state index in [1.165, 1.54) is 6.26 Å². The Bertz CT molecular complexity index is 6480. The summed E-state index contributed by atoms with van der Waals surface area (Å²) < 4.78 is 241. The number of furan rings is 2. The summed E-state index contributed by atoms with van der Waals surface area (Å²) in [7, 11) is 0. The van der Waals surface area contributed by atoms with Gasteiger partial charge in [-0.05, 0) is 134 Å². The molecule has 0 aliphatic carbocycles. The molecule has 0 fully saturated rings. The van der Waals surface area contributed by atoms with E-state index in [1.54, 1.807) is 60.7 Å². The lowest BCUT2D eigenvalue weighted by atomic mass is 9.83. The van der Waals surface area contributed by atoms with Gasteiger partial charge in [-0.25, -0.2) is 0 Å². The average Bonchev–Trinajstić information content (AvgIpc) is 1.59. The third kappa shape index (κ3) is 8.89. The highest BCUT2D eigenvalue weighted by Gasteiger charge is 2.25. The molecule has 14 aromatic carbocycles. The maximum absolute atomic E-state index is 9.40. The summed E-state index contributed by atoms with van der Waals surface area (Å²) in [5.74, 6) is 0. The van der Waals surface area contributed by atoms with E-state index < -0.39 is 157 Å². The Morgan fingerprint density at radius 2 is 0.602 bits per heavy atom. The maximum atomic E-state index is 9.40. The lowest BCUT2D eigenvalue weighted by Gasteiger charge is -2.19. The molecule has 3 heteroatoms. The Labute approximate surface area is 531 Å². The number of halogens is 1. The van der Waals surface area contributed by atoms with Crippen molar-refractivity contribution < 1.29 is 44.5 Å².